The average molecular weight is 411 g/mol. The minimum absolute atomic E-state index is 0. The smallest absolute Gasteiger partial charge is 0.147 e. The van der Waals surface area contributed by atoms with E-state index in [2.05, 4.69) is 62.6 Å². The number of hydrogen-bond acceptors (Lipinski definition) is 0. The van der Waals surface area contributed by atoms with Gasteiger partial charge in [-0.2, -0.15) is 0 Å². The molecule has 0 N–H and O–H groups in total. The zero-order valence-electron chi connectivity index (χ0n) is 12.2. The Bertz CT molecular complexity index is 456. The Kier molecular flexibility index (Phi) is 5.25. The van der Waals surface area contributed by atoms with Crippen molar-refractivity contribution in [1.82, 2.24) is 0 Å². The third-order valence-electron chi connectivity index (χ3n) is 5.88. The molecule has 0 bridgehead atoms. The van der Waals surface area contributed by atoms with Crippen LogP contribution in [0.2, 0.25) is 26.2 Å². The fourth-order valence-corrected chi connectivity index (χ4v) is 164. The summed E-state index contributed by atoms with van der Waals surface area (Å²) >= 11 is -2.06. The molecule has 0 aromatic rings. The molecule has 0 aromatic heterocycles. The Balaban J connectivity index is 0.000000902. The number of rotatable bonds is 2. The maximum atomic E-state index is 2.73. The largest absolute Gasteiger partial charge is 0.147 e. The summed E-state index contributed by atoms with van der Waals surface area (Å²) in [6.45, 7) is 10.9. The minimum atomic E-state index is -2.06. The molecule has 19 heavy (non-hydrogen) atoms. The zero-order valence-corrected chi connectivity index (χ0v) is 18.3. The molecule has 2 aliphatic carbocycles. The molecule has 1 saturated heterocycles. The average Bonchev–Trinajstić information content (AvgIpc) is 2.81. The third-order valence-corrected chi connectivity index (χ3v) is 117. The van der Waals surface area contributed by atoms with Crippen molar-refractivity contribution in [3.8, 4) is 0 Å². The quantitative estimate of drug-likeness (QED) is 0.551. The first-order valence-electron chi connectivity index (χ1n) is 6.68. The molecule has 1 aliphatic heterocycles. The zero-order chi connectivity index (χ0) is 12.3. The topological polar surface area (TPSA) is 0 Å². The molecule has 0 saturated carbocycles. The van der Waals surface area contributed by atoms with E-state index in [4.69, 9.17) is 0 Å². The van der Waals surface area contributed by atoms with Crippen molar-refractivity contribution in [3.63, 3.8) is 0 Å². The predicted octanol–water partition coefficient (Wildman–Crippen LogP) is 5.17. The van der Waals surface area contributed by atoms with Crippen molar-refractivity contribution in [2.45, 2.75) is 39.0 Å². The van der Waals surface area contributed by atoms with Gasteiger partial charge in [-0.1, -0.05) is 0 Å². The van der Waals surface area contributed by atoms with Crippen molar-refractivity contribution in [1.29, 1.82) is 0 Å². The molecule has 0 amide bonds. The van der Waals surface area contributed by atoms with Crippen molar-refractivity contribution < 1.29 is 18.6 Å². The predicted molar refractivity (Wildman–Crippen MR) is 93.1 cm³/mol. The standard InChI is InChI=1S/2C5H5.C4H12Si2.2ClH.Zr/c2*1-2-4-5-3-1;1-5(2)6(3)4;;;/h2*1-3H,4H2;1-4H3;2*1H;. The van der Waals surface area contributed by atoms with Gasteiger partial charge in [-0.3, -0.25) is 0 Å². The first-order chi connectivity index (χ1) is 7.96. The Morgan fingerprint density at radius 2 is 1.16 bits per heavy atom. The summed E-state index contributed by atoms with van der Waals surface area (Å²) in [5.74, 6) is 0. The molecule has 3 rings (SSSR count). The summed E-state index contributed by atoms with van der Waals surface area (Å²) in [6.07, 6.45) is 17.1. The van der Waals surface area contributed by atoms with Crippen LogP contribution in [0.4, 0.5) is 0 Å². The van der Waals surface area contributed by atoms with Crippen LogP contribution in [-0.4, -0.2) is 9.44 Å². The molecular weight excluding hydrogens is 386 g/mol. The van der Waals surface area contributed by atoms with Gasteiger partial charge in [0.25, 0.3) is 0 Å². The normalized spacial score (nSPS) is 27.2. The summed E-state index contributed by atoms with van der Waals surface area (Å²) in [7, 11) is 0. The fourth-order valence-electron chi connectivity index (χ4n) is 4.57. The number of allylic oxidation sites excluding steroid dienone is 8. The molecule has 106 valence electrons. The van der Waals surface area contributed by atoms with E-state index in [1.807, 2.05) is 6.56 Å². The summed E-state index contributed by atoms with van der Waals surface area (Å²) in [5.41, 5.74) is 0. The van der Waals surface area contributed by atoms with Crippen molar-refractivity contribution in [3.05, 3.63) is 43.0 Å². The van der Waals surface area contributed by atoms with Gasteiger partial charge in [-0.25, -0.2) is 0 Å². The Morgan fingerprint density at radius 1 is 0.789 bits per heavy atom. The van der Waals surface area contributed by atoms with E-state index in [-0.39, 0.29) is 24.8 Å². The fraction of sp³-hybridized carbons (Fsp3) is 0.429. The van der Waals surface area contributed by atoms with E-state index < -0.39 is 28.0 Å². The molecule has 1 fully saturated rings. The minimum Gasteiger partial charge on any atom is -0.147 e. The third kappa shape index (κ3) is 1.99. The van der Waals surface area contributed by atoms with Gasteiger partial charge in [0.2, 0.25) is 0 Å². The van der Waals surface area contributed by atoms with Crippen molar-refractivity contribution >= 4 is 34.3 Å². The number of halogens is 2. The van der Waals surface area contributed by atoms with Gasteiger partial charge < -0.3 is 0 Å². The van der Waals surface area contributed by atoms with Gasteiger partial charge in [0.1, 0.15) is 0 Å². The van der Waals surface area contributed by atoms with E-state index >= 15 is 0 Å². The summed E-state index contributed by atoms with van der Waals surface area (Å²) in [4.78, 5) is 0. The van der Waals surface area contributed by atoms with Gasteiger partial charge in [-0.15, -0.1) is 24.8 Å². The van der Waals surface area contributed by atoms with Gasteiger partial charge in [0.05, 0.1) is 0 Å². The van der Waals surface area contributed by atoms with E-state index in [1.165, 1.54) is 12.8 Å². The molecule has 0 unspecified atom stereocenters. The molecule has 0 radical (unpaired) electrons. The second kappa shape index (κ2) is 5.57. The van der Waals surface area contributed by atoms with E-state index in [9.17, 15) is 0 Å². The molecule has 0 nitrogen and oxygen atoms in total. The summed E-state index contributed by atoms with van der Waals surface area (Å²) in [6, 6.07) is 0. The Labute approximate surface area is 134 Å². The molecule has 0 spiro atoms. The Hall–Kier alpha value is 0.857. The molecule has 0 atom stereocenters. The van der Waals surface area contributed by atoms with Crippen LogP contribution in [0.5, 0.6) is 0 Å². The molecule has 3 aliphatic rings. The maximum absolute atomic E-state index is 2.73. The summed E-state index contributed by atoms with van der Waals surface area (Å²) in [5, 5.41) is 0. The molecule has 1 heterocycles. The van der Waals surface area contributed by atoms with Crippen LogP contribution in [0.15, 0.2) is 43.0 Å². The van der Waals surface area contributed by atoms with Crippen LogP contribution < -0.4 is 0 Å². The van der Waals surface area contributed by atoms with Crippen molar-refractivity contribution in [2.24, 2.45) is 0 Å². The van der Waals surface area contributed by atoms with Crippen LogP contribution in [0.1, 0.15) is 12.8 Å². The number of hydrogen-bond donors (Lipinski definition) is 0. The molecule has 5 heteroatoms. The van der Waals surface area contributed by atoms with Gasteiger partial charge in [0, 0.05) is 0 Å². The van der Waals surface area contributed by atoms with Crippen LogP contribution in [-0.2, 0) is 18.6 Å². The Morgan fingerprint density at radius 3 is 1.37 bits per heavy atom. The molecule has 0 aromatic carbocycles. The van der Waals surface area contributed by atoms with Crippen LogP contribution in [0, 0.1) is 0 Å². The van der Waals surface area contributed by atoms with Crippen LogP contribution in [0.25, 0.3) is 0 Å². The first-order valence-corrected chi connectivity index (χ1v) is 23.5. The monoisotopic (exact) mass is 408 g/mol. The summed E-state index contributed by atoms with van der Waals surface area (Å²) < 4.78 is 2.19. The maximum Gasteiger partial charge on any atom is -0.147 e. The van der Waals surface area contributed by atoms with Gasteiger partial charge in [-0.05, 0) is 0 Å². The van der Waals surface area contributed by atoms with E-state index in [1.54, 1.807) is 0 Å². The van der Waals surface area contributed by atoms with Gasteiger partial charge in [0.15, 0.2) is 0 Å². The SMILES string of the molecule is C[Si]1(C)[Si](C)(C)[Zr]1([C]1=CC=CC1)[C]1=CC=CC1.Cl.Cl. The van der Waals surface area contributed by atoms with Gasteiger partial charge >= 0.3 is 110 Å². The first kappa shape index (κ1) is 17.9. The van der Waals surface area contributed by atoms with Crippen molar-refractivity contribution in [2.75, 3.05) is 0 Å². The second-order valence-corrected chi connectivity index (χ2v) is 65.1. The van der Waals surface area contributed by atoms with Crippen LogP contribution in [0.3, 0.4) is 0 Å². The van der Waals surface area contributed by atoms with E-state index in [0.29, 0.717) is 0 Å². The van der Waals surface area contributed by atoms with Crippen LogP contribution >= 0.6 is 24.8 Å². The molecular formula is C14H24Cl2Si2Zr. The van der Waals surface area contributed by atoms with E-state index in [0.717, 1.165) is 0 Å². The second-order valence-electron chi connectivity index (χ2n) is 6.65.